The summed E-state index contributed by atoms with van der Waals surface area (Å²) in [6.45, 7) is 0.539. The van der Waals surface area contributed by atoms with Crippen molar-refractivity contribution in [3.05, 3.63) is 59.0 Å². The van der Waals surface area contributed by atoms with Gasteiger partial charge in [0.1, 0.15) is 22.2 Å². The molecule has 0 saturated heterocycles. The Kier molecular flexibility index (Phi) is 4.57. The summed E-state index contributed by atoms with van der Waals surface area (Å²) in [6.07, 6.45) is 4.44. The molecule has 3 aromatic heterocycles. The second-order valence-corrected chi connectivity index (χ2v) is 7.68. The molecule has 0 aromatic carbocycles. The number of pyridine rings is 1. The van der Waals surface area contributed by atoms with E-state index in [9.17, 15) is 9.18 Å². The minimum Gasteiger partial charge on any atom is -0.477 e. The zero-order valence-corrected chi connectivity index (χ0v) is 15.2. The Morgan fingerprint density at radius 3 is 2.67 bits per heavy atom. The summed E-state index contributed by atoms with van der Waals surface area (Å²) in [7, 11) is 0. The number of nitrogens with one attached hydrogen (secondary N) is 1. The first kappa shape index (κ1) is 17.5. The predicted molar refractivity (Wildman–Crippen MR) is 101 cm³/mol. The summed E-state index contributed by atoms with van der Waals surface area (Å²) >= 11 is 1.16. The maximum Gasteiger partial charge on any atom is 0.345 e. The number of hydrogen-bond donors (Lipinski definition) is 2. The average molecular weight is 384 g/mol. The van der Waals surface area contributed by atoms with Crippen LogP contribution in [0.2, 0.25) is 0 Å². The maximum atomic E-state index is 14.2. The molecule has 27 heavy (non-hydrogen) atoms. The van der Waals surface area contributed by atoms with Crippen LogP contribution >= 0.6 is 11.3 Å². The predicted octanol–water partition coefficient (Wildman–Crippen LogP) is 3.97. The van der Waals surface area contributed by atoms with Gasteiger partial charge in [0.15, 0.2) is 0 Å². The first-order valence-electron chi connectivity index (χ1n) is 8.59. The van der Waals surface area contributed by atoms with Gasteiger partial charge < -0.3 is 10.4 Å². The molecule has 0 spiro atoms. The fourth-order valence-electron chi connectivity index (χ4n) is 3.28. The fourth-order valence-corrected chi connectivity index (χ4v) is 4.09. The third-order valence-electron chi connectivity index (χ3n) is 4.91. The number of carboxylic acid groups (broad SMARTS) is 1. The Labute approximate surface area is 159 Å². The number of carbonyl (C=O) groups is 1. The van der Waals surface area contributed by atoms with Crippen LogP contribution in [0, 0.1) is 5.82 Å². The molecule has 138 valence electrons. The maximum absolute atomic E-state index is 14.2. The highest BCUT2D eigenvalue weighted by molar-refractivity contribution is 7.17. The fraction of sp³-hybridized carbons (Fsp3) is 0.263. The van der Waals surface area contributed by atoms with Gasteiger partial charge in [0.25, 0.3) is 0 Å². The van der Waals surface area contributed by atoms with Gasteiger partial charge in [-0.1, -0.05) is 6.42 Å². The van der Waals surface area contributed by atoms with Crippen LogP contribution in [-0.2, 0) is 5.41 Å². The number of carboxylic acids is 1. The van der Waals surface area contributed by atoms with Crippen LogP contribution < -0.4 is 5.32 Å². The Hall–Kier alpha value is -2.87. The molecule has 4 rings (SSSR count). The Morgan fingerprint density at radius 2 is 2.07 bits per heavy atom. The summed E-state index contributed by atoms with van der Waals surface area (Å²) in [4.78, 5) is 16.3. The van der Waals surface area contributed by atoms with Crippen LogP contribution in [0.3, 0.4) is 0 Å². The third kappa shape index (κ3) is 3.40. The van der Waals surface area contributed by atoms with E-state index in [1.54, 1.807) is 36.5 Å². The molecule has 0 bridgehead atoms. The molecular formula is C19H17FN4O2S. The number of thiophene rings is 1. The second-order valence-electron chi connectivity index (χ2n) is 6.59. The molecule has 1 fully saturated rings. The van der Waals surface area contributed by atoms with E-state index in [2.05, 4.69) is 20.5 Å². The van der Waals surface area contributed by atoms with E-state index in [1.807, 2.05) is 0 Å². The highest BCUT2D eigenvalue weighted by Crippen LogP contribution is 2.43. The third-order valence-corrected chi connectivity index (χ3v) is 6.01. The van der Waals surface area contributed by atoms with E-state index in [0.29, 0.717) is 23.8 Å². The molecule has 0 amide bonds. The molecule has 8 heteroatoms. The normalized spacial score (nSPS) is 15.1. The molecule has 1 aliphatic carbocycles. The average Bonchev–Trinajstić information content (AvgIpc) is 3.13. The molecule has 6 nitrogen and oxygen atoms in total. The Morgan fingerprint density at radius 1 is 1.22 bits per heavy atom. The van der Waals surface area contributed by atoms with E-state index in [1.165, 1.54) is 6.07 Å². The summed E-state index contributed by atoms with van der Waals surface area (Å²) in [5.74, 6) is -0.631. The summed E-state index contributed by atoms with van der Waals surface area (Å²) in [5, 5.41) is 20.6. The van der Waals surface area contributed by atoms with Gasteiger partial charge in [-0.25, -0.2) is 9.18 Å². The lowest BCUT2D eigenvalue weighted by molar-refractivity contribution is 0.0702. The summed E-state index contributed by atoms with van der Waals surface area (Å²) < 4.78 is 14.2. The van der Waals surface area contributed by atoms with E-state index in [-0.39, 0.29) is 16.1 Å². The Balaban J connectivity index is 1.47. The van der Waals surface area contributed by atoms with Crippen LogP contribution in [0.25, 0.3) is 10.6 Å². The molecule has 0 radical (unpaired) electrons. The first-order valence-corrected chi connectivity index (χ1v) is 9.41. The van der Waals surface area contributed by atoms with Gasteiger partial charge in [-0.2, -0.15) is 0 Å². The molecule has 2 N–H and O–H groups in total. The number of nitrogens with zero attached hydrogens (tertiary/aromatic N) is 3. The van der Waals surface area contributed by atoms with Crippen molar-refractivity contribution in [1.82, 2.24) is 15.2 Å². The van der Waals surface area contributed by atoms with Crippen molar-refractivity contribution in [2.75, 3.05) is 11.9 Å². The lowest BCUT2D eigenvalue weighted by Crippen LogP contribution is -2.42. The molecule has 0 aliphatic heterocycles. The lowest BCUT2D eigenvalue weighted by atomic mass is 9.66. The topological polar surface area (TPSA) is 88.0 Å². The van der Waals surface area contributed by atoms with Crippen LogP contribution in [0.5, 0.6) is 0 Å². The van der Waals surface area contributed by atoms with Gasteiger partial charge in [-0.15, -0.1) is 21.5 Å². The standard InChI is InChI=1S/C19H17FN4O2S/c20-12-3-1-10-21-17(12)19(8-2-9-19)11-22-16-7-4-13(23-24-16)14-5-6-15(27-14)18(25)26/h1,3-7,10H,2,8-9,11H2,(H,22,24)(H,25,26). The van der Waals surface area contributed by atoms with E-state index in [0.717, 1.165) is 35.5 Å². The highest BCUT2D eigenvalue weighted by Gasteiger charge is 2.41. The smallest absolute Gasteiger partial charge is 0.345 e. The van der Waals surface area contributed by atoms with Crippen LogP contribution in [0.1, 0.15) is 34.6 Å². The Bertz CT molecular complexity index is 970. The molecule has 3 aromatic rings. The van der Waals surface area contributed by atoms with Crippen molar-refractivity contribution < 1.29 is 14.3 Å². The highest BCUT2D eigenvalue weighted by atomic mass is 32.1. The number of aromatic nitrogens is 3. The van der Waals surface area contributed by atoms with Crippen molar-refractivity contribution in [3.8, 4) is 10.6 Å². The minimum absolute atomic E-state index is 0.262. The van der Waals surface area contributed by atoms with Crippen molar-refractivity contribution in [2.24, 2.45) is 0 Å². The number of rotatable bonds is 6. The van der Waals surface area contributed by atoms with Gasteiger partial charge in [0.2, 0.25) is 0 Å². The number of hydrogen-bond acceptors (Lipinski definition) is 6. The second kappa shape index (κ2) is 7.03. The summed E-state index contributed by atoms with van der Waals surface area (Å²) in [5.41, 5.74) is 0.816. The van der Waals surface area contributed by atoms with Crippen LogP contribution in [0.4, 0.5) is 10.2 Å². The zero-order chi connectivity index (χ0) is 18.9. The van der Waals surface area contributed by atoms with Gasteiger partial charge >= 0.3 is 5.97 Å². The molecule has 1 aliphatic rings. The monoisotopic (exact) mass is 384 g/mol. The minimum atomic E-state index is -0.954. The quantitative estimate of drug-likeness (QED) is 0.669. The van der Waals surface area contributed by atoms with Crippen molar-refractivity contribution in [1.29, 1.82) is 0 Å². The number of anilines is 1. The SMILES string of the molecule is O=C(O)c1ccc(-c2ccc(NCC3(c4ncccc4F)CCC3)nn2)s1. The zero-order valence-electron chi connectivity index (χ0n) is 14.4. The van der Waals surface area contributed by atoms with Gasteiger partial charge in [0, 0.05) is 18.2 Å². The largest absolute Gasteiger partial charge is 0.477 e. The van der Waals surface area contributed by atoms with Gasteiger partial charge in [-0.3, -0.25) is 4.98 Å². The van der Waals surface area contributed by atoms with Crippen molar-refractivity contribution in [3.63, 3.8) is 0 Å². The number of aromatic carboxylic acids is 1. The summed E-state index contributed by atoms with van der Waals surface area (Å²) in [6, 6.07) is 9.91. The van der Waals surface area contributed by atoms with Crippen molar-refractivity contribution in [2.45, 2.75) is 24.7 Å². The van der Waals surface area contributed by atoms with Crippen LogP contribution in [0.15, 0.2) is 42.6 Å². The van der Waals surface area contributed by atoms with E-state index < -0.39 is 5.97 Å². The van der Waals surface area contributed by atoms with Crippen LogP contribution in [-0.4, -0.2) is 32.8 Å². The molecule has 0 unspecified atom stereocenters. The molecule has 0 atom stereocenters. The van der Waals surface area contributed by atoms with E-state index in [4.69, 9.17) is 5.11 Å². The van der Waals surface area contributed by atoms with Gasteiger partial charge in [-0.05, 0) is 49.2 Å². The number of halogens is 1. The molecular weight excluding hydrogens is 367 g/mol. The molecule has 3 heterocycles. The first-order chi connectivity index (χ1) is 13.1. The lowest BCUT2D eigenvalue weighted by Gasteiger charge is -2.41. The van der Waals surface area contributed by atoms with Gasteiger partial charge in [0.05, 0.1) is 10.6 Å². The van der Waals surface area contributed by atoms with Crippen molar-refractivity contribution >= 4 is 23.1 Å². The molecule has 1 saturated carbocycles. The van der Waals surface area contributed by atoms with E-state index >= 15 is 0 Å².